The molecule has 0 unspecified atom stereocenters. The molecule has 2 aromatic carbocycles. The van der Waals surface area contributed by atoms with Crippen LogP contribution in [-0.4, -0.2) is 10.0 Å². The van der Waals surface area contributed by atoms with Crippen molar-refractivity contribution in [3.8, 4) is 11.5 Å². The summed E-state index contributed by atoms with van der Waals surface area (Å²) in [6, 6.07) is 8.25. The molecule has 0 radical (unpaired) electrons. The van der Waals surface area contributed by atoms with Crippen molar-refractivity contribution in [1.82, 2.24) is 0 Å². The third-order valence-electron chi connectivity index (χ3n) is 2.83. The van der Waals surface area contributed by atoms with Crippen molar-refractivity contribution < 1.29 is 14.8 Å². The number of aliphatic hydroxyl groups is 1. The van der Waals surface area contributed by atoms with Crippen LogP contribution >= 0.6 is 31.9 Å². The number of benzene rings is 2. The van der Waals surface area contributed by atoms with Gasteiger partial charge in [0, 0.05) is 20.6 Å². The fourth-order valence-corrected chi connectivity index (χ4v) is 2.74. The number of nitro groups is 1. The molecule has 0 atom stereocenters. The summed E-state index contributed by atoms with van der Waals surface area (Å²) in [6.07, 6.45) is 0. The first kappa shape index (κ1) is 15.9. The number of aliphatic hydroxyl groups excluding tert-OH is 1. The molecule has 1 N–H and O–H groups in total. The van der Waals surface area contributed by atoms with E-state index in [1.165, 1.54) is 6.07 Å². The molecule has 2 aromatic rings. The predicted molar refractivity (Wildman–Crippen MR) is 85.7 cm³/mol. The van der Waals surface area contributed by atoms with Crippen LogP contribution in [-0.2, 0) is 6.61 Å². The number of hydrogen-bond acceptors (Lipinski definition) is 4. The SMILES string of the molecule is Cc1cc(Br)cc([N+](=O)[O-])c1Oc1cc(Br)ccc1CO. The van der Waals surface area contributed by atoms with E-state index >= 15 is 0 Å². The van der Waals surface area contributed by atoms with Gasteiger partial charge in [-0.3, -0.25) is 10.1 Å². The third-order valence-corrected chi connectivity index (χ3v) is 3.78. The van der Waals surface area contributed by atoms with Gasteiger partial charge in [-0.25, -0.2) is 0 Å². The second-order valence-electron chi connectivity index (χ2n) is 4.34. The molecular formula is C14H11Br2NO4. The molecule has 0 aliphatic heterocycles. The predicted octanol–water partition coefficient (Wildman–Crippen LogP) is 4.71. The van der Waals surface area contributed by atoms with Gasteiger partial charge in [-0.05, 0) is 30.7 Å². The summed E-state index contributed by atoms with van der Waals surface area (Å²) in [4.78, 5) is 10.7. The normalized spacial score (nSPS) is 10.5. The molecule has 0 saturated heterocycles. The van der Waals surface area contributed by atoms with Gasteiger partial charge in [0.2, 0.25) is 5.75 Å². The molecular weight excluding hydrogens is 406 g/mol. The lowest BCUT2D eigenvalue weighted by molar-refractivity contribution is -0.385. The number of hydrogen-bond donors (Lipinski definition) is 1. The number of halogens is 2. The zero-order chi connectivity index (χ0) is 15.6. The molecule has 7 heteroatoms. The zero-order valence-corrected chi connectivity index (χ0v) is 14.1. The average molecular weight is 417 g/mol. The topological polar surface area (TPSA) is 72.6 Å². The van der Waals surface area contributed by atoms with Crippen molar-refractivity contribution in [2.75, 3.05) is 0 Å². The maximum Gasteiger partial charge on any atom is 0.312 e. The van der Waals surface area contributed by atoms with E-state index in [9.17, 15) is 15.2 Å². The van der Waals surface area contributed by atoms with Gasteiger partial charge in [-0.2, -0.15) is 0 Å². The monoisotopic (exact) mass is 415 g/mol. The summed E-state index contributed by atoms with van der Waals surface area (Å²) < 4.78 is 7.07. The first-order valence-corrected chi connectivity index (χ1v) is 7.52. The first-order chi connectivity index (χ1) is 9.92. The van der Waals surface area contributed by atoms with Crippen molar-refractivity contribution in [3.05, 3.63) is 60.5 Å². The number of aryl methyl sites for hydroxylation is 1. The average Bonchev–Trinajstić information content (AvgIpc) is 2.41. The van der Waals surface area contributed by atoms with Gasteiger partial charge in [0.15, 0.2) is 0 Å². The Labute approximate surface area is 138 Å². The summed E-state index contributed by atoms with van der Waals surface area (Å²) in [6.45, 7) is 1.51. The zero-order valence-electron chi connectivity index (χ0n) is 11.0. The molecule has 21 heavy (non-hydrogen) atoms. The minimum absolute atomic E-state index is 0.134. The second kappa shape index (κ2) is 6.55. The molecule has 0 spiro atoms. The first-order valence-electron chi connectivity index (χ1n) is 5.94. The second-order valence-corrected chi connectivity index (χ2v) is 6.17. The molecule has 5 nitrogen and oxygen atoms in total. The van der Waals surface area contributed by atoms with Gasteiger partial charge in [0.25, 0.3) is 0 Å². The Morgan fingerprint density at radius 1 is 1.24 bits per heavy atom. The summed E-state index contributed by atoms with van der Waals surface area (Å²) in [5.74, 6) is 0.538. The highest BCUT2D eigenvalue weighted by Crippen LogP contribution is 2.38. The Hall–Kier alpha value is -1.44. The van der Waals surface area contributed by atoms with E-state index in [0.29, 0.717) is 21.3 Å². The minimum Gasteiger partial charge on any atom is -0.449 e. The number of ether oxygens (including phenoxy) is 1. The number of nitro benzene ring substituents is 1. The van der Waals surface area contributed by atoms with Crippen LogP contribution in [0.3, 0.4) is 0 Å². The minimum atomic E-state index is -0.496. The van der Waals surface area contributed by atoms with Crippen LogP contribution in [0.15, 0.2) is 39.3 Å². The van der Waals surface area contributed by atoms with E-state index in [4.69, 9.17) is 4.74 Å². The summed E-state index contributed by atoms with van der Waals surface area (Å²) in [7, 11) is 0. The summed E-state index contributed by atoms with van der Waals surface area (Å²) >= 11 is 6.55. The fraction of sp³-hybridized carbons (Fsp3) is 0.143. The quantitative estimate of drug-likeness (QED) is 0.578. The Morgan fingerprint density at radius 3 is 2.57 bits per heavy atom. The molecule has 0 aromatic heterocycles. The summed E-state index contributed by atoms with van der Waals surface area (Å²) in [5.41, 5.74) is 1.04. The Morgan fingerprint density at radius 2 is 1.95 bits per heavy atom. The van der Waals surface area contributed by atoms with E-state index in [0.717, 1.165) is 4.47 Å². The van der Waals surface area contributed by atoms with Crippen LogP contribution in [0.5, 0.6) is 11.5 Å². The van der Waals surface area contributed by atoms with Crippen LogP contribution in [0.4, 0.5) is 5.69 Å². The Balaban J connectivity index is 2.54. The van der Waals surface area contributed by atoms with Gasteiger partial charge in [0.05, 0.1) is 11.5 Å². The highest BCUT2D eigenvalue weighted by atomic mass is 79.9. The largest absolute Gasteiger partial charge is 0.449 e. The number of rotatable bonds is 4. The van der Waals surface area contributed by atoms with E-state index < -0.39 is 4.92 Å². The highest BCUT2D eigenvalue weighted by Gasteiger charge is 2.20. The van der Waals surface area contributed by atoms with E-state index in [1.54, 1.807) is 31.2 Å². The molecule has 0 fully saturated rings. The molecule has 0 saturated carbocycles. The van der Waals surface area contributed by atoms with E-state index in [-0.39, 0.29) is 18.0 Å². The van der Waals surface area contributed by atoms with E-state index in [2.05, 4.69) is 31.9 Å². The summed E-state index contributed by atoms with van der Waals surface area (Å²) in [5, 5.41) is 20.5. The molecule has 0 amide bonds. The number of nitrogens with zero attached hydrogens (tertiary/aromatic N) is 1. The van der Waals surface area contributed by atoms with Crippen LogP contribution in [0.25, 0.3) is 0 Å². The van der Waals surface area contributed by atoms with Gasteiger partial charge < -0.3 is 9.84 Å². The maximum absolute atomic E-state index is 11.2. The van der Waals surface area contributed by atoms with Gasteiger partial charge in [-0.15, -0.1) is 0 Å². The van der Waals surface area contributed by atoms with Crippen molar-refractivity contribution in [2.45, 2.75) is 13.5 Å². The highest BCUT2D eigenvalue weighted by molar-refractivity contribution is 9.10. The Kier molecular flexibility index (Phi) is 4.97. The van der Waals surface area contributed by atoms with Gasteiger partial charge in [0.1, 0.15) is 5.75 Å². The Bertz CT molecular complexity index is 704. The van der Waals surface area contributed by atoms with Crippen LogP contribution in [0.1, 0.15) is 11.1 Å². The molecule has 0 aliphatic rings. The van der Waals surface area contributed by atoms with Gasteiger partial charge in [-0.1, -0.05) is 37.9 Å². The smallest absolute Gasteiger partial charge is 0.312 e. The lowest BCUT2D eigenvalue weighted by Crippen LogP contribution is -1.98. The lowest BCUT2D eigenvalue weighted by atomic mass is 10.2. The van der Waals surface area contributed by atoms with Crippen molar-refractivity contribution in [1.29, 1.82) is 0 Å². The van der Waals surface area contributed by atoms with Crippen molar-refractivity contribution in [2.24, 2.45) is 0 Å². The molecule has 0 heterocycles. The van der Waals surface area contributed by atoms with Crippen LogP contribution in [0, 0.1) is 17.0 Å². The lowest BCUT2D eigenvalue weighted by Gasteiger charge is -2.13. The van der Waals surface area contributed by atoms with Crippen molar-refractivity contribution in [3.63, 3.8) is 0 Å². The van der Waals surface area contributed by atoms with E-state index in [1.807, 2.05) is 0 Å². The van der Waals surface area contributed by atoms with Crippen molar-refractivity contribution >= 4 is 37.5 Å². The fourth-order valence-electron chi connectivity index (χ4n) is 1.84. The molecule has 2 rings (SSSR count). The van der Waals surface area contributed by atoms with Crippen LogP contribution in [0.2, 0.25) is 0 Å². The van der Waals surface area contributed by atoms with Gasteiger partial charge >= 0.3 is 5.69 Å². The maximum atomic E-state index is 11.2. The van der Waals surface area contributed by atoms with Crippen LogP contribution < -0.4 is 4.74 Å². The third kappa shape index (κ3) is 3.61. The molecule has 0 aliphatic carbocycles. The molecule has 110 valence electrons. The standard InChI is InChI=1S/C14H11Br2NO4/c1-8-4-11(16)5-12(17(19)20)14(8)21-13-6-10(15)3-2-9(13)7-18/h2-6,18H,7H2,1H3. The molecule has 0 bridgehead atoms.